The highest BCUT2D eigenvalue weighted by Gasteiger charge is 2.38. The average Bonchev–Trinajstić information content (AvgIpc) is 2.62. The number of carbonyl (C=O) groups is 1. The van der Waals surface area contributed by atoms with Crippen molar-refractivity contribution in [2.24, 2.45) is 0 Å². The van der Waals surface area contributed by atoms with Gasteiger partial charge in [0.25, 0.3) is 5.91 Å². The highest BCUT2D eigenvalue weighted by atomic mass is 19.4. The summed E-state index contributed by atoms with van der Waals surface area (Å²) < 4.78 is 40.4. The van der Waals surface area contributed by atoms with E-state index in [-0.39, 0.29) is 12.0 Å². The van der Waals surface area contributed by atoms with Crippen LogP contribution >= 0.6 is 0 Å². The molecule has 1 aromatic heterocycles. The Morgan fingerprint density at radius 3 is 2.59 bits per heavy atom. The van der Waals surface area contributed by atoms with Crippen molar-refractivity contribution in [3.63, 3.8) is 0 Å². The van der Waals surface area contributed by atoms with Crippen LogP contribution in [0.3, 0.4) is 0 Å². The number of hydrogen-bond donors (Lipinski definition) is 2. The molecule has 1 heterocycles. The van der Waals surface area contributed by atoms with Gasteiger partial charge in [0.05, 0.1) is 5.56 Å². The normalized spacial score (nSPS) is 15.4. The highest BCUT2D eigenvalue weighted by Crippen LogP contribution is 2.31. The highest BCUT2D eigenvalue weighted by molar-refractivity contribution is 6.32. The van der Waals surface area contributed by atoms with Gasteiger partial charge < -0.3 is 10.6 Å². The second-order valence-electron chi connectivity index (χ2n) is 6.51. The van der Waals surface area contributed by atoms with Crippen LogP contribution in [0.25, 0.3) is 0 Å². The number of aromatic nitrogens is 2. The average molecular weight is 374 g/mol. The van der Waals surface area contributed by atoms with Crippen LogP contribution in [0.2, 0.25) is 0 Å². The monoisotopic (exact) mass is 374 g/mol. The van der Waals surface area contributed by atoms with E-state index in [2.05, 4.69) is 20.6 Å². The Morgan fingerprint density at radius 2 is 1.93 bits per heavy atom. The number of amides is 1. The minimum Gasteiger partial charge on any atom is -0.349 e. The van der Waals surface area contributed by atoms with E-state index in [1.807, 2.05) is 0 Å². The molecule has 1 aliphatic carbocycles. The first-order valence-corrected chi connectivity index (χ1v) is 8.70. The van der Waals surface area contributed by atoms with Gasteiger partial charge in [0.2, 0.25) is 5.95 Å². The van der Waals surface area contributed by atoms with Gasteiger partial charge in [0, 0.05) is 17.9 Å². The third-order valence-corrected chi connectivity index (χ3v) is 4.39. The van der Waals surface area contributed by atoms with Gasteiger partial charge in [-0.15, -0.1) is 0 Å². The van der Waals surface area contributed by atoms with Crippen molar-refractivity contribution in [2.45, 2.75) is 44.3 Å². The first kappa shape index (κ1) is 19.2. The molecule has 0 aliphatic heterocycles. The number of rotatable bonds is 4. The second kappa shape index (κ2) is 7.98. The van der Waals surface area contributed by atoms with Crippen molar-refractivity contribution in [2.75, 3.05) is 5.32 Å². The van der Waals surface area contributed by atoms with Gasteiger partial charge in [0.1, 0.15) is 7.85 Å². The lowest BCUT2D eigenvalue weighted by Gasteiger charge is -2.23. The zero-order valence-corrected chi connectivity index (χ0v) is 14.5. The van der Waals surface area contributed by atoms with E-state index in [0.29, 0.717) is 11.2 Å². The van der Waals surface area contributed by atoms with E-state index >= 15 is 0 Å². The molecule has 1 fully saturated rings. The van der Waals surface area contributed by atoms with E-state index in [0.717, 1.165) is 38.3 Å². The maximum absolute atomic E-state index is 13.5. The van der Waals surface area contributed by atoms with E-state index < -0.39 is 23.3 Å². The molecule has 1 saturated carbocycles. The Labute approximate surface area is 156 Å². The molecule has 0 bridgehead atoms. The fourth-order valence-electron chi connectivity index (χ4n) is 3.08. The van der Waals surface area contributed by atoms with Gasteiger partial charge in [-0.25, -0.2) is 9.97 Å². The summed E-state index contributed by atoms with van der Waals surface area (Å²) in [4.78, 5) is 19.8. The summed E-state index contributed by atoms with van der Waals surface area (Å²) in [6, 6.07) is 6.34. The molecular weight excluding hydrogens is 356 g/mol. The van der Waals surface area contributed by atoms with E-state index in [9.17, 15) is 18.0 Å². The molecule has 0 unspecified atom stereocenters. The molecule has 1 amide bonds. The molecule has 2 aromatic rings. The number of nitrogens with zero attached hydrogens (tertiary/aromatic N) is 2. The van der Waals surface area contributed by atoms with Crippen LogP contribution in [0.5, 0.6) is 0 Å². The SMILES string of the molecule is [B]c1cccc(Nc2ncc(C(=O)NC3CCCCC3)c(C(F)(F)F)n2)c1. The van der Waals surface area contributed by atoms with Crippen LogP contribution in [-0.2, 0) is 6.18 Å². The summed E-state index contributed by atoms with van der Waals surface area (Å²) in [7, 11) is 5.65. The van der Waals surface area contributed by atoms with Crippen molar-refractivity contribution >= 4 is 30.9 Å². The van der Waals surface area contributed by atoms with Crippen molar-refractivity contribution in [3.8, 4) is 0 Å². The Morgan fingerprint density at radius 1 is 1.19 bits per heavy atom. The standard InChI is InChI=1S/C18H18BF3N4O/c19-11-5-4-8-13(9-11)25-17-23-10-14(15(26-17)18(20,21)22)16(27)24-12-6-2-1-3-7-12/h4-5,8-10,12H,1-3,6-7H2,(H,24,27)(H,23,25,26). The molecule has 1 aromatic carbocycles. The van der Waals surface area contributed by atoms with Crippen LogP contribution in [-0.4, -0.2) is 29.8 Å². The lowest BCUT2D eigenvalue weighted by molar-refractivity contribution is -0.141. The summed E-state index contributed by atoms with van der Waals surface area (Å²) in [6.07, 6.45) is 0.643. The lowest BCUT2D eigenvalue weighted by Crippen LogP contribution is -2.37. The van der Waals surface area contributed by atoms with Gasteiger partial charge in [0.15, 0.2) is 5.69 Å². The summed E-state index contributed by atoms with van der Waals surface area (Å²) in [5.74, 6) is -1.06. The van der Waals surface area contributed by atoms with E-state index in [4.69, 9.17) is 7.85 Å². The summed E-state index contributed by atoms with van der Waals surface area (Å²) >= 11 is 0. The van der Waals surface area contributed by atoms with Crippen molar-refractivity contribution in [3.05, 3.63) is 41.7 Å². The van der Waals surface area contributed by atoms with Crippen LogP contribution in [0.1, 0.15) is 48.2 Å². The van der Waals surface area contributed by atoms with E-state index in [1.54, 1.807) is 24.3 Å². The van der Waals surface area contributed by atoms with Crippen molar-refractivity contribution in [1.82, 2.24) is 15.3 Å². The largest absolute Gasteiger partial charge is 0.434 e. The summed E-state index contributed by atoms with van der Waals surface area (Å²) in [6.45, 7) is 0. The number of carbonyl (C=O) groups excluding carboxylic acids is 1. The molecule has 9 heteroatoms. The fraction of sp³-hybridized carbons (Fsp3) is 0.389. The van der Waals surface area contributed by atoms with Crippen molar-refractivity contribution in [1.29, 1.82) is 0 Å². The number of halogens is 3. The smallest absolute Gasteiger partial charge is 0.349 e. The molecule has 3 rings (SSSR count). The number of nitrogens with one attached hydrogen (secondary N) is 2. The van der Waals surface area contributed by atoms with Crippen LogP contribution in [0.4, 0.5) is 24.8 Å². The predicted molar refractivity (Wildman–Crippen MR) is 96.5 cm³/mol. The first-order chi connectivity index (χ1) is 12.8. The summed E-state index contributed by atoms with van der Waals surface area (Å²) in [5, 5.41) is 5.34. The molecular formula is C18H18BF3N4O. The minimum atomic E-state index is -4.78. The quantitative estimate of drug-likeness (QED) is 0.808. The summed E-state index contributed by atoms with van der Waals surface area (Å²) in [5.41, 5.74) is -0.953. The Bertz CT molecular complexity index is 822. The van der Waals surface area contributed by atoms with Crippen LogP contribution in [0.15, 0.2) is 30.5 Å². The Balaban J connectivity index is 1.84. The molecule has 0 atom stereocenters. The molecule has 140 valence electrons. The third kappa shape index (κ3) is 4.99. The zero-order chi connectivity index (χ0) is 19.4. The van der Waals surface area contributed by atoms with Crippen LogP contribution < -0.4 is 16.1 Å². The molecule has 27 heavy (non-hydrogen) atoms. The second-order valence-corrected chi connectivity index (χ2v) is 6.51. The first-order valence-electron chi connectivity index (χ1n) is 8.70. The Kier molecular flexibility index (Phi) is 5.67. The molecule has 0 saturated heterocycles. The number of alkyl halides is 3. The molecule has 2 radical (unpaired) electrons. The maximum atomic E-state index is 13.5. The number of anilines is 2. The number of hydrogen-bond acceptors (Lipinski definition) is 4. The fourth-order valence-corrected chi connectivity index (χ4v) is 3.08. The molecule has 0 spiro atoms. The molecule has 2 N–H and O–H groups in total. The molecule has 5 nitrogen and oxygen atoms in total. The van der Waals surface area contributed by atoms with Gasteiger partial charge in [-0.05, 0) is 25.0 Å². The van der Waals surface area contributed by atoms with Gasteiger partial charge in [-0.3, -0.25) is 4.79 Å². The van der Waals surface area contributed by atoms with Crippen molar-refractivity contribution < 1.29 is 18.0 Å². The van der Waals surface area contributed by atoms with E-state index in [1.165, 1.54) is 0 Å². The topological polar surface area (TPSA) is 66.9 Å². The lowest BCUT2D eigenvalue weighted by atomic mass is 9.95. The zero-order valence-electron chi connectivity index (χ0n) is 14.5. The Hall–Kier alpha value is -2.58. The van der Waals surface area contributed by atoms with Gasteiger partial charge >= 0.3 is 6.18 Å². The van der Waals surface area contributed by atoms with Gasteiger partial charge in [-0.2, -0.15) is 13.2 Å². The third-order valence-electron chi connectivity index (χ3n) is 4.39. The number of benzene rings is 1. The van der Waals surface area contributed by atoms with Gasteiger partial charge in [-0.1, -0.05) is 36.9 Å². The predicted octanol–water partition coefficient (Wildman–Crippen LogP) is 3.10. The molecule has 1 aliphatic rings. The maximum Gasteiger partial charge on any atom is 0.434 e. The minimum absolute atomic E-state index is 0.113. The van der Waals surface area contributed by atoms with Crippen LogP contribution in [0, 0.1) is 0 Å².